The van der Waals surface area contributed by atoms with E-state index >= 15 is 0 Å². The Bertz CT molecular complexity index is 524. The Hall–Kier alpha value is 0.175. The summed E-state index contributed by atoms with van der Waals surface area (Å²) in [6.45, 7) is 5.18. The molecule has 0 spiro atoms. The van der Waals surface area contributed by atoms with E-state index in [9.17, 15) is 5.11 Å². The molecule has 1 saturated heterocycles. The van der Waals surface area contributed by atoms with Gasteiger partial charge in [0.05, 0.1) is 6.01 Å². The minimum atomic E-state index is -0.470. The van der Waals surface area contributed by atoms with E-state index < -0.39 is 6.01 Å². The first-order valence-corrected chi connectivity index (χ1v) is 9.42. The average Bonchev–Trinajstić information content (AvgIpc) is 2.88. The minimum absolute atomic E-state index is 0. The van der Waals surface area contributed by atoms with Gasteiger partial charge in [0.2, 0.25) is 11.9 Å². The average molecular weight is 419 g/mol. The summed E-state index contributed by atoms with van der Waals surface area (Å²) >= 11 is 0. The molecule has 7 nitrogen and oxygen atoms in total. The van der Waals surface area contributed by atoms with Crippen LogP contribution in [-0.2, 0) is 0 Å². The molecular formula is C17H29N6ORb. The van der Waals surface area contributed by atoms with Gasteiger partial charge in [0.25, 0.3) is 0 Å². The fraction of sp³-hybridized carbons (Fsp3) is 0.824. The summed E-state index contributed by atoms with van der Waals surface area (Å²) < 4.78 is 0. The quantitative estimate of drug-likeness (QED) is 0.571. The van der Waals surface area contributed by atoms with Crippen molar-refractivity contribution in [2.75, 3.05) is 30.3 Å². The molecule has 25 heavy (non-hydrogen) atoms. The minimum Gasteiger partial charge on any atom is -0.844 e. The third kappa shape index (κ3) is 6.68. The number of rotatable bonds is 6. The SMILES string of the molecule is CCN1CCCC1CNc1nc([O-])nc(NC2CCCCCC2)n1.[Rb+]. The Balaban J connectivity index is 0.00000225. The van der Waals surface area contributed by atoms with Crippen molar-refractivity contribution in [3.63, 3.8) is 0 Å². The fourth-order valence-electron chi connectivity index (χ4n) is 3.86. The molecule has 0 amide bonds. The van der Waals surface area contributed by atoms with Gasteiger partial charge >= 0.3 is 58.2 Å². The summed E-state index contributed by atoms with van der Waals surface area (Å²) in [4.78, 5) is 14.7. The predicted molar refractivity (Wildman–Crippen MR) is 93.1 cm³/mol. The number of anilines is 2. The Morgan fingerprint density at radius 2 is 1.72 bits per heavy atom. The van der Waals surface area contributed by atoms with Gasteiger partial charge in [-0.2, -0.15) is 4.98 Å². The third-order valence-corrected chi connectivity index (χ3v) is 5.20. The standard InChI is InChI=1S/C17H30N6O.Rb/c1-2-23-11-7-10-14(23)12-18-15-20-16(22-17(24)21-15)19-13-8-5-3-4-6-9-13;/h13-14H,2-12H2,1H3,(H3,18,19,20,21,22,24);/q;+1/p-1. The van der Waals surface area contributed by atoms with E-state index in [0.29, 0.717) is 24.0 Å². The van der Waals surface area contributed by atoms with Gasteiger partial charge < -0.3 is 15.7 Å². The van der Waals surface area contributed by atoms with Crippen LogP contribution in [0.2, 0.25) is 0 Å². The Morgan fingerprint density at radius 1 is 1.00 bits per heavy atom. The van der Waals surface area contributed by atoms with Crippen LogP contribution >= 0.6 is 0 Å². The van der Waals surface area contributed by atoms with Gasteiger partial charge in [-0.15, -0.1) is 0 Å². The molecule has 2 N–H and O–H groups in total. The van der Waals surface area contributed by atoms with Crippen molar-refractivity contribution in [1.82, 2.24) is 19.9 Å². The maximum atomic E-state index is 11.8. The molecule has 8 heteroatoms. The van der Waals surface area contributed by atoms with Crippen molar-refractivity contribution < 1.29 is 63.3 Å². The molecular weight excluding hydrogens is 390 g/mol. The number of aromatic nitrogens is 3. The number of hydrogen-bond donors (Lipinski definition) is 2. The number of hydrogen-bond acceptors (Lipinski definition) is 7. The first-order valence-electron chi connectivity index (χ1n) is 9.42. The van der Waals surface area contributed by atoms with Gasteiger partial charge in [-0.05, 0) is 38.8 Å². The van der Waals surface area contributed by atoms with Gasteiger partial charge in [-0.3, -0.25) is 4.90 Å². The van der Waals surface area contributed by atoms with Crippen LogP contribution in [0.3, 0.4) is 0 Å². The number of likely N-dealkylation sites (tertiary alicyclic amines) is 1. The van der Waals surface area contributed by atoms with Crippen molar-refractivity contribution in [3.8, 4) is 6.01 Å². The normalized spacial score (nSPS) is 22.2. The van der Waals surface area contributed by atoms with Crippen LogP contribution in [0, 0.1) is 0 Å². The molecule has 134 valence electrons. The maximum Gasteiger partial charge on any atom is 1.00 e. The summed E-state index contributed by atoms with van der Waals surface area (Å²) in [6.07, 6.45) is 9.71. The first-order chi connectivity index (χ1) is 11.7. The van der Waals surface area contributed by atoms with Crippen molar-refractivity contribution in [2.45, 2.75) is 70.4 Å². The van der Waals surface area contributed by atoms with Crippen LogP contribution in [0.25, 0.3) is 0 Å². The number of likely N-dealkylation sites (N-methyl/N-ethyl adjacent to an activating group) is 1. The molecule has 1 saturated carbocycles. The Morgan fingerprint density at radius 3 is 2.44 bits per heavy atom. The second-order valence-electron chi connectivity index (χ2n) is 6.90. The van der Waals surface area contributed by atoms with Gasteiger partial charge in [-0.25, -0.2) is 9.97 Å². The van der Waals surface area contributed by atoms with Crippen LogP contribution in [-0.4, -0.2) is 51.6 Å². The summed E-state index contributed by atoms with van der Waals surface area (Å²) in [5.41, 5.74) is 0. The van der Waals surface area contributed by atoms with Gasteiger partial charge in [-0.1, -0.05) is 32.6 Å². The molecule has 1 aliphatic heterocycles. The molecule has 1 aromatic heterocycles. The van der Waals surface area contributed by atoms with Crippen molar-refractivity contribution in [1.29, 1.82) is 0 Å². The molecule has 0 radical (unpaired) electrons. The summed E-state index contributed by atoms with van der Waals surface area (Å²) in [5, 5.41) is 18.4. The van der Waals surface area contributed by atoms with E-state index in [1.807, 2.05) is 0 Å². The van der Waals surface area contributed by atoms with E-state index in [-0.39, 0.29) is 58.2 Å². The Labute approximate surface area is 199 Å². The fourth-order valence-corrected chi connectivity index (χ4v) is 3.86. The molecule has 2 aliphatic rings. The number of nitrogens with one attached hydrogen (secondary N) is 2. The van der Waals surface area contributed by atoms with Crippen molar-refractivity contribution >= 4 is 11.9 Å². The summed E-state index contributed by atoms with van der Waals surface area (Å²) in [7, 11) is 0. The zero-order valence-corrected chi connectivity index (χ0v) is 20.5. The summed E-state index contributed by atoms with van der Waals surface area (Å²) in [5.74, 6) is 0.817. The van der Waals surface area contributed by atoms with E-state index in [2.05, 4.69) is 37.4 Å². The zero-order valence-electron chi connectivity index (χ0n) is 15.6. The molecule has 1 atom stereocenters. The van der Waals surface area contributed by atoms with Gasteiger partial charge in [0.15, 0.2) is 0 Å². The smallest absolute Gasteiger partial charge is 0.844 e. The summed E-state index contributed by atoms with van der Waals surface area (Å²) in [6, 6.07) is 0.398. The van der Waals surface area contributed by atoms with E-state index in [1.54, 1.807) is 0 Å². The molecule has 2 heterocycles. The van der Waals surface area contributed by atoms with Crippen LogP contribution in [0.5, 0.6) is 6.01 Å². The first kappa shape index (κ1) is 21.5. The van der Waals surface area contributed by atoms with E-state index in [0.717, 1.165) is 32.5 Å². The Kier molecular flexibility index (Phi) is 9.55. The zero-order chi connectivity index (χ0) is 16.8. The van der Waals surface area contributed by atoms with Crippen LogP contribution in [0.1, 0.15) is 58.3 Å². The van der Waals surface area contributed by atoms with Crippen LogP contribution in [0.15, 0.2) is 0 Å². The molecule has 0 aromatic carbocycles. The third-order valence-electron chi connectivity index (χ3n) is 5.20. The molecule has 3 rings (SSSR count). The number of nitrogens with zero attached hydrogens (tertiary/aromatic N) is 4. The van der Waals surface area contributed by atoms with Crippen molar-refractivity contribution in [3.05, 3.63) is 0 Å². The topological polar surface area (TPSA) is 89.0 Å². The second-order valence-corrected chi connectivity index (χ2v) is 6.90. The van der Waals surface area contributed by atoms with Crippen LogP contribution in [0.4, 0.5) is 11.9 Å². The van der Waals surface area contributed by atoms with Gasteiger partial charge in [0.1, 0.15) is 0 Å². The molecule has 0 bridgehead atoms. The largest absolute Gasteiger partial charge is 1.00 e. The monoisotopic (exact) mass is 418 g/mol. The van der Waals surface area contributed by atoms with Gasteiger partial charge in [0, 0.05) is 18.6 Å². The van der Waals surface area contributed by atoms with E-state index in [1.165, 1.54) is 38.5 Å². The molecule has 2 fully saturated rings. The second kappa shape index (κ2) is 11.1. The predicted octanol–water partition coefficient (Wildman–Crippen LogP) is -1.02. The van der Waals surface area contributed by atoms with Crippen molar-refractivity contribution in [2.24, 2.45) is 0 Å². The van der Waals surface area contributed by atoms with E-state index in [4.69, 9.17) is 0 Å². The molecule has 1 aliphatic carbocycles. The molecule has 1 aromatic rings. The molecule has 1 unspecified atom stereocenters. The maximum absolute atomic E-state index is 11.8. The van der Waals surface area contributed by atoms with Crippen LogP contribution < -0.4 is 73.9 Å².